The van der Waals surface area contributed by atoms with E-state index in [0.29, 0.717) is 12.4 Å². The lowest BCUT2D eigenvalue weighted by Crippen LogP contribution is -2.45. The number of nitrogens with zero attached hydrogens (tertiary/aromatic N) is 2. The van der Waals surface area contributed by atoms with E-state index in [1.54, 1.807) is 0 Å². The van der Waals surface area contributed by atoms with Crippen LogP contribution in [0.4, 0.5) is 0 Å². The minimum atomic E-state index is -0.370. The van der Waals surface area contributed by atoms with Gasteiger partial charge in [0.05, 0.1) is 6.61 Å². The molecule has 5 nitrogen and oxygen atoms in total. The maximum Gasteiger partial charge on any atom is 0.374 e. The van der Waals surface area contributed by atoms with E-state index in [0.717, 1.165) is 55.8 Å². The summed E-state index contributed by atoms with van der Waals surface area (Å²) in [5, 5.41) is 1.01. The van der Waals surface area contributed by atoms with Crippen LogP contribution in [0.3, 0.4) is 0 Å². The average molecular weight is 316 g/mol. The third kappa shape index (κ3) is 3.41. The normalized spacial score (nSPS) is 16.8. The summed E-state index contributed by atoms with van der Waals surface area (Å²) in [4.78, 5) is 17.1. The molecular formula is C18H24N2O3. The predicted octanol–water partition coefficient (Wildman–Crippen LogP) is 2.75. The number of esters is 1. The van der Waals surface area contributed by atoms with Crippen LogP contribution in [0, 0.1) is 0 Å². The van der Waals surface area contributed by atoms with Crippen molar-refractivity contribution in [3.05, 3.63) is 35.6 Å². The number of benzene rings is 1. The SMILES string of the molecule is CCOC(=O)c1oc2ccccc2c1CN1CCN(CC)CC1. The first-order chi connectivity index (χ1) is 11.2. The summed E-state index contributed by atoms with van der Waals surface area (Å²) < 4.78 is 10.9. The Kier molecular flexibility index (Phi) is 4.98. The summed E-state index contributed by atoms with van der Waals surface area (Å²) in [5.74, 6) is -0.0168. The number of likely N-dealkylation sites (N-methyl/N-ethyl adjacent to an activating group) is 1. The molecule has 3 rings (SSSR count). The number of hydrogen-bond acceptors (Lipinski definition) is 5. The Hall–Kier alpha value is -1.85. The number of fused-ring (bicyclic) bond motifs is 1. The van der Waals surface area contributed by atoms with E-state index in [1.807, 2.05) is 31.2 Å². The molecule has 0 amide bonds. The smallest absolute Gasteiger partial charge is 0.374 e. The topological polar surface area (TPSA) is 45.9 Å². The van der Waals surface area contributed by atoms with Crippen molar-refractivity contribution >= 4 is 16.9 Å². The first-order valence-electron chi connectivity index (χ1n) is 8.35. The zero-order valence-electron chi connectivity index (χ0n) is 13.9. The van der Waals surface area contributed by atoms with Crippen LogP contribution in [0.1, 0.15) is 30.0 Å². The second-order valence-electron chi connectivity index (χ2n) is 5.84. The van der Waals surface area contributed by atoms with Gasteiger partial charge in [-0.1, -0.05) is 25.1 Å². The third-order valence-corrected chi connectivity index (χ3v) is 4.45. The van der Waals surface area contributed by atoms with Gasteiger partial charge in [-0.2, -0.15) is 0 Å². The van der Waals surface area contributed by atoms with Gasteiger partial charge in [-0.3, -0.25) is 4.90 Å². The van der Waals surface area contributed by atoms with Crippen molar-refractivity contribution in [1.82, 2.24) is 9.80 Å². The highest BCUT2D eigenvalue weighted by Gasteiger charge is 2.24. The highest BCUT2D eigenvalue weighted by atomic mass is 16.5. The van der Waals surface area contributed by atoms with E-state index in [1.165, 1.54) is 0 Å². The minimum absolute atomic E-state index is 0.352. The van der Waals surface area contributed by atoms with E-state index >= 15 is 0 Å². The van der Waals surface area contributed by atoms with Crippen LogP contribution in [0.15, 0.2) is 28.7 Å². The fourth-order valence-electron chi connectivity index (χ4n) is 3.10. The molecule has 0 saturated carbocycles. The van der Waals surface area contributed by atoms with Gasteiger partial charge in [0.25, 0.3) is 0 Å². The molecule has 0 N–H and O–H groups in total. The fraction of sp³-hybridized carbons (Fsp3) is 0.500. The lowest BCUT2D eigenvalue weighted by molar-refractivity contribution is 0.0488. The molecule has 23 heavy (non-hydrogen) atoms. The Bertz CT molecular complexity index is 672. The van der Waals surface area contributed by atoms with Crippen LogP contribution in [-0.2, 0) is 11.3 Å². The molecule has 124 valence electrons. The van der Waals surface area contributed by atoms with Gasteiger partial charge in [-0.25, -0.2) is 4.79 Å². The summed E-state index contributed by atoms with van der Waals surface area (Å²) in [5.41, 5.74) is 1.70. The van der Waals surface area contributed by atoms with Crippen LogP contribution in [-0.4, -0.2) is 55.1 Å². The van der Waals surface area contributed by atoms with Gasteiger partial charge in [0.2, 0.25) is 5.76 Å². The van der Waals surface area contributed by atoms with E-state index in [4.69, 9.17) is 9.15 Å². The number of carbonyl (C=O) groups is 1. The number of carbonyl (C=O) groups excluding carboxylic acids is 1. The van der Waals surface area contributed by atoms with Crippen LogP contribution in [0.25, 0.3) is 11.0 Å². The van der Waals surface area contributed by atoms with E-state index < -0.39 is 0 Å². The maximum absolute atomic E-state index is 12.2. The van der Waals surface area contributed by atoms with Gasteiger partial charge in [0.1, 0.15) is 5.58 Å². The molecule has 0 atom stereocenters. The molecule has 1 aliphatic heterocycles. The summed E-state index contributed by atoms with van der Waals surface area (Å²) in [6.07, 6.45) is 0. The van der Waals surface area contributed by atoms with Crippen molar-refractivity contribution in [1.29, 1.82) is 0 Å². The molecule has 1 aliphatic rings. The molecular weight excluding hydrogens is 292 g/mol. The fourth-order valence-corrected chi connectivity index (χ4v) is 3.10. The maximum atomic E-state index is 12.2. The number of furan rings is 1. The van der Waals surface area contributed by atoms with Gasteiger partial charge >= 0.3 is 5.97 Å². The molecule has 0 radical (unpaired) electrons. The van der Waals surface area contributed by atoms with Gasteiger partial charge < -0.3 is 14.1 Å². The summed E-state index contributed by atoms with van der Waals surface area (Å²) in [7, 11) is 0. The van der Waals surface area contributed by atoms with Gasteiger partial charge in [0, 0.05) is 43.7 Å². The Labute approximate surface area is 136 Å². The standard InChI is InChI=1S/C18H24N2O3/c1-3-19-9-11-20(12-10-19)13-15-14-7-5-6-8-16(14)23-17(15)18(21)22-4-2/h5-8H,3-4,9-13H2,1-2H3. The zero-order chi connectivity index (χ0) is 16.2. The Morgan fingerprint density at radius 2 is 1.83 bits per heavy atom. The lowest BCUT2D eigenvalue weighted by Gasteiger charge is -2.33. The molecule has 0 spiro atoms. The number of para-hydroxylation sites is 1. The second-order valence-corrected chi connectivity index (χ2v) is 5.84. The van der Waals surface area contributed by atoms with Crippen molar-refractivity contribution in [3.8, 4) is 0 Å². The second kappa shape index (κ2) is 7.15. The van der Waals surface area contributed by atoms with E-state index in [2.05, 4.69) is 16.7 Å². The molecule has 2 heterocycles. The number of ether oxygens (including phenoxy) is 1. The Morgan fingerprint density at radius 1 is 1.13 bits per heavy atom. The molecule has 0 unspecified atom stereocenters. The van der Waals surface area contributed by atoms with Gasteiger partial charge in [-0.05, 0) is 19.5 Å². The van der Waals surface area contributed by atoms with Crippen LogP contribution in [0.2, 0.25) is 0 Å². The van der Waals surface area contributed by atoms with Crippen molar-refractivity contribution in [2.45, 2.75) is 20.4 Å². The first-order valence-corrected chi connectivity index (χ1v) is 8.35. The van der Waals surface area contributed by atoms with Crippen molar-refractivity contribution in [2.24, 2.45) is 0 Å². The van der Waals surface area contributed by atoms with Crippen molar-refractivity contribution in [3.63, 3.8) is 0 Å². The highest BCUT2D eigenvalue weighted by molar-refractivity contribution is 5.96. The number of hydrogen-bond donors (Lipinski definition) is 0. The lowest BCUT2D eigenvalue weighted by atomic mass is 10.1. The highest BCUT2D eigenvalue weighted by Crippen LogP contribution is 2.28. The van der Waals surface area contributed by atoms with E-state index in [9.17, 15) is 4.79 Å². The predicted molar refractivity (Wildman–Crippen MR) is 89.6 cm³/mol. The Morgan fingerprint density at radius 3 is 2.52 bits per heavy atom. The Balaban J connectivity index is 1.86. The van der Waals surface area contributed by atoms with E-state index in [-0.39, 0.29) is 5.97 Å². The average Bonchev–Trinajstić information content (AvgIpc) is 2.95. The molecule has 2 aromatic rings. The monoisotopic (exact) mass is 316 g/mol. The summed E-state index contributed by atoms with van der Waals surface area (Å²) in [6.45, 7) is 10.3. The van der Waals surface area contributed by atoms with Crippen molar-refractivity contribution in [2.75, 3.05) is 39.3 Å². The molecule has 1 fully saturated rings. The third-order valence-electron chi connectivity index (χ3n) is 4.45. The van der Waals surface area contributed by atoms with Crippen LogP contribution < -0.4 is 0 Å². The molecule has 0 bridgehead atoms. The molecule has 1 saturated heterocycles. The number of rotatable bonds is 5. The molecule has 1 aromatic heterocycles. The zero-order valence-corrected chi connectivity index (χ0v) is 13.9. The van der Waals surface area contributed by atoms with Crippen LogP contribution >= 0.6 is 0 Å². The number of piperazine rings is 1. The minimum Gasteiger partial charge on any atom is -0.460 e. The van der Waals surface area contributed by atoms with Crippen LogP contribution in [0.5, 0.6) is 0 Å². The summed E-state index contributed by atoms with van der Waals surface area (Å²) in [6, 6.07) is 7.81. The quantitative estimate of drug-likeness (QED) is 0.794. The van der Waals surface area contributed by atoms with Gasteiger partial charge in [-0.15, -0.1) is 0 Å². The first kappa shape index (κ1) is 16.0. The summed E-state index contributed by atoms with van der Waals surface area (Å²) >= 11 is 0. The molecule has 1 aromatic carbocycles. The molecule has 0 aliphatic carbocycles. The largest absolute Gasteiger partial charge is 0.460 e. The van der Waals surface area contributed by atoms with Gasteiger partial charge in [0.15, 0.2) is 0 Å². The molecule has 5 heteroatoms. The van der Waals surface area contributed by atoms with Crippen molar-refractivity contribution < 1.29 is 13.9 Å².